The molecule has 9 nitrogen and oxygen atoms in total. The molecule has 0 aliphatic heterocycles. The Morgan fingerprint density at radius 2 is 1.64 bits per heavy atom. The number of nitrogens with one attached hydrogen (secondary N) is 2. The number of nitroso groups, excluding NO2 is 1. The van der Waals surface area contributed by atoms with Crippen LogP contribution in [0.15, 0.2) is 60.0 Å². The summed E-state index contributed by atoms with van der Waals surface area (Å²) in [6, 6.07) is 11.6. The van der Waals surface area contributed by atoms with Crippen LogP contribution in [0.25, 0.3) is 17.0 Å². The van der Waals surface area contributed by atoms with E-state index < -0.39 is 11.8 Å². The SMILES string of the molecule is CC(C)(C)c1ccc(C(=O)NCC(Cc2ccc(-c3ncc(C4=CCC(C5CCC6(CC5)CC6)CC4)cn3)cc2)C(=O)NCCC(=O)N=O)s1. The zero-order valence-electron chi connectivity index (χ0n) is 29.5. The van der Waals surface area contributed by atoms with Crippen LogP contribution in [0.5, 0.6) is 0 Å². The molecule has 0 radical (unpaired) electrons. The van der Waals surface area contributed by atoms with Gasteiger partial charge in [0.05, 0.1) is 10.8 Å². The van der Waals surface area contributed by atoms with E-state index >= 15 is 0 Å². The smallest absolute Gasteiger partial charge is 0.288 e. The quantitative estimate of drug-likeness (QED) is 0.185. The first-order valence-electron chi connectivity index (χ1n) is 18.2. The van der Waals surface area contributed by atoms with E-state index in [-0.39, 0.29) is 36.7 Å². The normalized spacial score (nSPS) is 19.3. The number of hydrogen-bond donors (Lipinski definition) is 2. The molecular formula is C40H49N5O4S. The standard InChI is InChI=1S/C40H49N5O4S/c1-39(2,3)34-13-12-33(50-34)38(48)44-23-31(37(47)41-21-16-35(46)45-49)22-26-4-6-30(7-5-26)36-42-24-32(25-43-36)28-10-8-27(9-11-28)29-14-17-40(18-15-29)19-20-40/h4-7,10,12-13,24-25,27,29,31H,8-9,11,14-23H2,1-3H3,(H,41,47)(H,44,48). The Hall–Kier alpha value is -4.05. The van der Waals surface area contributed by atoms with Crippen LogP contribution in [0.2, 0.25) is 0 Å². The minimum Gasteiger partial charge on any atom is -0.355 e. The van der Waals surface area contributed by atoms with Gasteiger partial charge in [-0.2, -0.15) is 0 Å². The van der Waals surface area contributed by atoms with Crippen molar-refractivity contribution < 1.29 is 14.4 Å². The van der Waals surface area contributed by atoms with Gasteiger partial charge in [0.2, 0.25) is 5.91 Å². The molecule has 0 bridgehead atoms. The van der Waals surface area contributed by atoms with Crippen LogP contribution in [0.1, 0.15) is 111 Å². The summed E-state index contributed by atoms with van der Waals surface area (Å²) in [4.78, 5) is 59.0. The van der Waals surface area contributed by atoms with Crippen LogP contribution in [-0.4, -0.2) is 40.8 Å². The maximum atomic E-state index is 13.2. The molecule has 3 amide bonds. The lowest BCUT2D eigenvalue weighted by atomic mass is 9.70. The van der Waals surface area contributed by atoms with Crippen molar-refractivity contribution in [1.29, 1.82) is 0 Å². The second-order valence-electron chi connectivity index (χ2n) is 15.6. The van der Waals surface area contributed by atoms with E-state index in [1.54, 1.807) is 0 Å². The van der Waals surface area contributed by atoms with Crippen molar-refractivity contribution in [3.63, 3.8) is 0 Å². The molecule has 10 heteroatoms. The summed E-state index contributed by atoms with van der Waals surface area (Å²) in [5, 5.41) is 8.02. The molecule has 2 atom stereocenters. The maximum Gasteiger partial charge on any atom is 0.288 e. The minimum absolute atomic E-state index is 0.00142. The van der Waals surface area contributed by atoms with Gasteiger partial charge >= 0.3 is 0 Å². The van der Waals surface area contributed by atoms with Gasteiger partial charge in [0.25, 0.3) is 11.8 Å². The number of aromatic nitrogens is 2. The predicted octanol–water partition coefficient (Wildman–Crippen LogP) is 8.04. The largest absolute Gasteiger partial charge is 0.355 e. The third-order valence-electron chi connectivity index (χ3n) is 11.1. The molecule has 2 saturated carbocycles. The monoisotopic (exact) mass is 695 g/mol. The molecule has 0 saturated heterocycles. The van der Waals surface area contributed by atoms with Crippen LogP contribution in [0.4, 0.5) is 0 Å². The number of carbonyl (C=O) groups is 3. The summed E-state index contributed by atoms with van der Waals surface area (Å²) in [7, 11) is 0. The third kappa shape index (κ3) is 8.99. The second kappa shape index (κ2) is 15.5. The molecule has 50 heavy (non-hydrogen) atoms. The number of rotatable bonds is 12. The van der Waals surface area contributed by atoms with Gasteiger partial charge in [-0.25, -0.2) is 9.97 Å². The van der Waals surface area contributed by atoms with E-state index in [9.17, 15) is 19.3 Å². The molecule has 3 aliphatic rings. The molecule has 2 unspecified atom stereocenters. The first-order valence-corrected chi connectivity index (χ1v) is 19.0. The van der Waals surface area contributed by atoms with E-state index in [0.29, 0.717) is 17.1 Å². The van der Waals surface area contributed by atoms with Crippen molar-refractivity contribution in [1.82, 2.24) is 20.6 Å². The molecule has 2 fully saturated rings. The molecule has 264 valence electrons. The fraction of sp³-hybridized carbons (Fsp3) is 0.525. The van der Waals surface area contributed by atoms with Crippen LogP contribution >= 0.6 is 11.3 Å². The molecule has 2 N–H and O–H groups in total. The van der Waals surface area contributed by atoms with Crippen molar-refractivity contribution in [2.75, 3.05) is 13.1 Å². The summed E-state index contributed by atoms with van der Waals surface area (Å²) in [5.41, 5.74) is 4.93. The Kier molecular flexibility index (Phi) is 11.1. The third-order valence-corrected chi connectivity index (χ3v) is 12.6. The Balaban J connectivity index is 1.05. The van der Waals surface area contributed by atoms with Crippen molar-refractivity contribution in [3.05, 3.63) is 80.7 Å². The average molecular weight is 696 g/mol. The molecule has 1 spiro atoms. The summed E-state index contributed by atoms with van der Waals surface area (Å²) in [6.07, 6.45) is 18.7. The van der Waals surface area contributed by atoms with Crippen LogP contribution in [0, 0.1) is 28.1 Å². The topological polar surface area (TPSA) is 130 Å². The highest BCUT2D eigenvalue weighted by Crippen LogP contribution is 2.58. The number of nitrogens with zero attached hydrogens (tertiary/aromatic N) is 3. The van der Waals surface area contributed by atoms with Gasteiger partial charge in [-0.3, -0.25) is 14.4 Å². The number of carbonyl (C=O) groups excluding carboxylic acids is 3. The Bertz CT molecular complexity index is 1710. The van der Waals surface area contributed by atoms with Crippen molar-refractivity contribution in [2.24, 2.45) is 28.3 Å². The Labute approximate surface area is 299 Å². The lowest BCUT2D eigenvalue weighted by Crippen LogP contribution is -2.40. The first-order chi connectivity index (χ1) is 24.0. The fourth-order valence-corrected chi connectivity index (χ4v) is 8.55. The highest BCUT2D eigenvalue weighted by Gasteiger charge is 2.45. The minimum atomic E-state index is -0.821. The molecule has 1 aromatic carbocycles. The van der Waals surface area contributed by atoms with Crippen LogP contribution in [-0.2, 0) is 21.4 Å². The molecule has 3 aromatic rings. The van der Waals surface area contributed by atoms with Gasteiger partial charge in [-0.05, 0) is 110 Å². The van der Waals surface area contributed by atoms with Gasteiger partial charge in [0, 0.05) is 53.1 Å². The molecule has 3 aliphatic carbocycles. The predicted molar refractivity (Wildman–Crippen MR) is 197 cm³/mol. The number of allylic oxidation sites excluding steroid dienone is 2. The highest BCUT2D eigenvalue weighted by molar-refractivity contribution is 7.14. The van der Waals surface area contributed by atoms with Crippen LogP contribution < -0.4 is 10.6 Å². The van der Waals surface area contributed by atoms with E-state index in [0.717, 1.165) is 45.2 Å². The number of thiophene rings is 1. The summed E-state index contributed by atoms with van der Waals surface area (Å²) >= 11 is 1.44. The van der Waals surface area contributed by atoms with Crippen LogP contribution in [0.3, 0.4) is 0 Å². The van der Waals surface area contributed by atoms with E-state index in [1.807, 2.05) is 48.8 Å². The van der Waals surface area contributed by atoms with Crippen molar-refractivity contribution in [3.8, 4) is 11.4 Å². The van der Waals surface area contributed by atoms with E-state index in [2.05, 4.69) is 42.7 Å². The summed E-state index contributed by atoms with van der Waals surface area (Å²) in [5.74, 6) is 0.389. The van der Waals surface area contributed by atoms with Gasteiger partial charge in [0.15, 0.2) is 5.82 Å². The molecule has 2 aromatic heterocycles. The summed E-state index contributed by atoms with van der Waals surface area (Å²) in [6.45, 7) is 6.40. The maximum absolute atomic E-state index is 13.2. The second-order valence-corrected chi connectivity index (χ2v) is 16.7. The zero-order valence-corrected chi connectivity index (χ0v) is 30.3. The number of hydrogen-bond acceptors (Lipinski definition) is 7. The Morgan fingerprint density at radius 1 is 0.920 bits per heavy atom. The number of amides is 3. The van der Waals surface area contributed by atoms with E-state index in [4.69, 9.17) is 9.97 Å². The van der Waals surface area contributed by atoms with Gasteiger partial charge in [0.1, 0.15) is 0 Å². The average Bonchev–Trinajstić information content (AvgIpc) is 3.67. The Morgan fingerprint density at radius 3 is 2.24 bits per heavy atom. The lowest BCUT2D eigenvalue weighted by Gasteiger charge is -2.35. The lowest BCUT2D eigenvalue weighted by molar-refractivity contribution is -0.125. The number of benzene rings is 1. The molecule has 6 rings (SSSR count). The molecule has 2 heterocycles. The summed E-state index contributed by atoms with van der Waals surface area (Å²) < 4.78 is 0. The van der Waals surface area contributed by atoms with Crippen molar-refractivity contribution >= 4 is 34.6 Å². The zero-order chi connectivity index (χ0) is 35.3. The van der Waals surface area contributed by atoms with Gasteiger partial charge in [-0.1, -0.05) is 51.1 Å². The molecular weight excluding hydrogens is 647 g/mol. The fourth-order valence-electron chi connectivity index (χ4n) is 7.57. The van der Waals surface area contributed by atoms with Gasteiger partial charge in [-0.15, -0.1) is 16.2 Å². The van der Waals surface area contributed by atoms with E-state index in [1.165, 1.54) is 68.3 Å². The van der Waals surface area contributed by atoms with Gasteiger partial charge < -0.3 is 10.6 Å². The highest BCUT2D eigenvalue weighted by atomic mass is 32.1. The van der Waals surface area contributed by atoms with Crippen molar-refractivity contribution in [2.45, 2.75) is 96.8 Å². The first kappa shape index (κ1) is 35.8.